The number of piperazine rings is 1. The van der Waals surface area contributed by atoms with Crippen LogP contribution < -0.4 is 9.47 Å². The van der Waals surface area contributed by atoms with Gasteiger partial charge in [-0.25, -0.2) is 9.98 Å². The van der Waals surface area contributed by atoms with Crippen molar-refractivity contribution in [1.29, 1.82) is 0 Å². The van der Waals surface area contributed by atoms with Crippen LogP contribution in [0.25, 0.3) is 0 Å². The Kier molecular flexibility index (Phi) is 5.64. The van der Waals surface area contributed by atoms with E-state index in [4.69, 9.17) is 26.1 Å². The van der Waals surface area contributed by atoms with E-state index in [0.717, 1.165) is 17.1 Å². The van der Waals surface area contributed by atoms with Gasteiger partial charge in [0.15, 0.2) is 17.2 Å². The molecule has 2 aliphatic rings. The molecule has 8 heteroatoms. The number of hydrogen-bond donors (Lipinski definition) is 0. The van der Waals surface area contributed by atoms with E-state index < -0.39 is 0 Å². The second-order valence-electron chi connectivity index (χ2n) is 7.98. The number of nitrogens with zero attached hydrogens (tertiary/aromatic N) is 4. The first-order valence-electron chi connectivity index (χ1n) is 10.8. The van der Waals surface area contributed by atoms with Crippen molar-refractivity contribution < 1.29 is 14.3 Å². The average Bonchev–Trinajstić information content (AvgIpc) is 3.00. The first-order chi connectivity index (χ1) is 16.1. The van der Waals surface area contributed by atoms with E-state index in [0.29, 0.717) is 42.4 Å². The molecule has 1 amide bonds. The number of methoxy groups -OCH3 is 1. The van der Waals surface area contributed by atoms with E-state index in [1.54, 1.807) is 25.4 Å². The zero-order chi connectivity index (χ0) is 22.9. The third-order valence-electron chi connectivity index (χ3n) is 5.92. The lowest BCUT2D eigenvalue weighted by Crippen LogP contribution is -2.55. The standard InChI is InChI=1S/C25H23ClN4O3/c1-16-15-29(13-14-30(16)25(31)18-8-6-12-27-23(18)26)24-17-7-5-11-21(32-2)22(17)33-20-10-4-3-9-19(20)28-24/h3-12,16H,13-15H2,1-2H3/t16-/m0/s1. The van der Waals surface area contributed by atoms with E-state index in [2.05, 4.69) is 9.88 Å². The number of hydrogen-bond acceptors (Lipinski definition) is 6. The molecule has 1 aromatic heterocycles. The molecule has 0 radical (unpaired) electrons. The van der Waals surface area contributed by atoms with Crippen LogP contribution in [0.3, 0.4) is 0 Å². The lowest BCUT2D eigenvalue weighted by molar-refractivity contribution is 0.0581. The minimum Gasteiger partial charge on any atom is -0.493 e. The van der Waals surface area contributed by atoms with Crippen LogP contribution in [0.5, 0.6) is 17.2 Å². The quantitative estimate of drug-likeness (QED) is 0.513. The van der Waals surface area contributed by atoms with Gasteiger partial charge in [0.25, 0.3) is 5.91 Å². The molecule has 2 aromatic carbocycles. The van der Waals surface area contributed by atoms with Crippen molar-refractivity contribution in [3.63, 3.8) is 0 Å². The summed E-state index contributed by atoms with van der Waals surface area (Å²) >= 11 is 6.17. The molecule has 0 saturated carbocycles. The number of ether oxygens (including phenoxy) is 2. The number of para-hydroxylation sites is 3. The molecule has 7 nitrogen and oxygen atoms in total. The van der Waals surface area contributed by atoms with E-state index in [-0.39, 0.29) is 17.1 Å². The summed E-state index contributed by atoms with van der Waals surface area (Å²) in [5, 5.41) is 0.222. The summed E-state index contributed by atoms with van der Waals surface area (Å²) in [6.45, 7) is 3.79. The molecule has 3 heterocycles. The number of pyridine rings is 1. The highest BCUT2D eigenvalue weighted by Gasteiger charge is 2.33. The van der Waals surface area contributed by atoms with Crippen molar-refractivity contribution >= 4 is 29.0 Å². The predicted octanol–water partition coefficient (Wildman–Crippen LogP) is 4.77. The molecular weight excluding hydrogens is 440 g/mol. The molecule has 0 aliphatic carbocycles. The third kappa shape index (κ3) is 3.89. The molecule has 2 aliphatic heterocycles. The summed E-state index contributed by atoms with van der Waals surface area (Å²) in [6.07, 6.45) is 1.58. The molecule has 1 fully saturated rings. The zero-order valence-corrected chi connectivity index (χ0v) is 19.1. The molecule has 1 saturated heterocycles. The summed E-state index contributed by atoms with van der Waals surface area (Å²) < 4.78 is 11.8. The predicted molar refractivity (Wildman–Crippen MR) is 127 cm³/mol. The Hall–Kier alpha value is -3.58. The molecule has 0 spiro atoms. The van der Waals surface area contributed by atoms with Crippen molar-refractivity contribution in [1.82, 2.24) is 14.8 Å². The summed E-state index contributed by atoms with van der Waals surface area (Å²) in [6, 6.07) is 16.9. The van der Waals surface area contributed by atoms with Gasteiger partial charge in [-0.05, 0) is 43.3 Å². The van der Waals surface area contributed by atoms with Crippen LogP contribution in [0.1, 0.15) is 22.8 Å². The Morgan fingerprint density at radius 1 is 1.12 bits per heavy atom. The summed E-state index contributed by atoms with van der Waals surface area (Å²) in [7, 11) is 1.63. The Morgan fingerprint density at radius 2 is 1.97 bits per heavy atom. The number of aliphatic imine (C=N–C) groups is 1. The number of amidine groups is 1. The van der Waals surface area contributed by atoms with Crippen LogP contribution in [0, 0.1) is 0 Å². The molecule has 168 valence electrons. The SMILES string of the molecule is COc1cccc2c1Oc1ccccc1N=C2N1CCN(C(=O)c2cccnc2Cl)[C@@H](C)C1. The Bertz CT molecular complexity index is 1250. The number of benzene rings is 2. The number of amides is 1. The second kappa shape index (κ2) is 8.75. The molecular formula is C25H23ClN4O3. The molecule has 0 N–H and O–H groups in total. The van der Waals surface area contributed by atoms with E-state index in [1.807, 2.05) is 54.3 Å². The maximum atomic E-state index is 13.1. The summed E-state index contributed by atoms with van der Waals surface area (Å²) in [5.41, 5.74) is 2.02. The first-order valence-corrected chi connectivity index (χ1v) is 11.1. The molecule has 3 aromatic rings. The molecule has 0 bridgehead atoms. The van der Waals surface area contributed by atoms with Crippen molar-refractivity contribution in [3.8, 4) is 17.2 Å². The normalized spacial score (nSPS) is 17.3. The third-order valence-corrected chi connectivity index (χ3v) is 6.22. The van der Waals surface area contributed by atoms with Gasteiger partial charge in [-0.1, -0.05) is 29.8 Å². The van der Waals surface area contributed by atoms with Crippen LogP contribution in [0.15, 0.2) is 65.8 Å². The van der Waals surface area contributed by atoms with Crippen LogP contribution >= 0.6 is 11.6 Å². The van der Waals surface area contributed by atoms with Gasteiger partial charge >= 0.3 is 0 Å². The van der Waals surface area contributed by atoms with Crippen LogP contribution in [0.4, 0.5) is 5.69 Å². The fourth-order valence-electron chi connectivity index (χ4n) is 4.27. The van der Waals surface area contributed by atoms with Crippen molar-refractivity contribution in [2.75, 3.05) is 26.7 Å². The molecule has 0 unspecified atom stereocenters. The lowest BCUT2D eigenvalue weighted by Gasteiger charge is -2.41. The van der Waals surface area contributed by atoms with Gasteiger partial charge < -0.3 is 19.3 Å². The lowest BCUT2D eigenvalue weighted by atomic mass is 10.1. The van der Waals surface area contributed by atoms with Crippen LogP contribution in [-0.2, 0) is 0 Å². The van der Waals surface area contributed by atoms with Gasteiger partial charge in [-0.15, -0.1) is 0 Å². The highest BCUT2D eigenvalue weighted by atomic mass is 35.5. The van der Waals surface area contributed by atoms with Crippen LogP contribution in [0.2, 0.25) is 5.15 Å². The number of carbonyl (C=O) groups excluding carboxylic acids is 1. The van der Waals surface area contributed by atoms with Crippen molar-refractivity contribution in [2.24, 2.45) is 4.99 Å². The largest absolute Gasteiger partial charge is 0.493 e. The fraction of sp³-hybridized carbons (Fsp3) is 0.240. The van der Waals surface area contributed by atoms with E-state index in [9.17, 15) is 4.79 Å². The topological polar surface area (TPSA) is 67.3 Å². The molecule has 1 atom stereocenters. The average molecular weight is 463 g/mol. The first kappa shape index (κ1) is 21.3. The van der Waals surface area contributed by atoms with Crippen LogP contribution in [-0.4, -0.2) is 59.3 Å². The van der Waals surface area contributed by atoms with Gasteiger partial charge in [0, 0.05) is 31.9 Å². The number of halogens is 1. The summed E-state index contributed by atoms with van der Waals surface area (Å²) in [4.78, 5) is 26.2. The fourth-order valence-corrected chi connectivity index (χ4v) is 4.47. The monoisotopic (exact) mass is 462 g/mol. The smallest absolute Gasteiger partial charge is 0.257 e. The highest BCUT2D eigenvalue weighted by Crippen LogP contribution is 2.42. The number of aromatic nitrogens is 1. The van der Waals surface area contributed by atoms with Crippen molar-refractivity contribution in [3.05, 3.63) is 77.1 Å². The Morgan fingerprint density at radius 3 is 2.76 bits per heavy atom. The highest BCUT2D eigenvalue weighted by molar-refractivity contribution is 6.32. The minimum atomic E-state index is -0.112. The van der Waals surface area contributed by atoms with E-state index >= 15 is 0 Å². The minimum absolute atomic E-state index is 0.0568. The Balaban J connectivity index is 1.48. The number of carbonyl (C=O) groups is 1. The molecule has 5 rings (SSSR count). The van der Waals surface area contributed by atoms with Gasteiger partial charge in [0.05, 0.1) is 18.2 Å². The van der Waals surface area contributed by atoms with Gasteiger partial charge in [-0.3, -0.25) is 4.79 Å². The number of fused-ring (bicyclic) bond motifs is 2. The second-order valence-corrected chi connectivity index (χ2v) is 8.34. The maximum absolute atomic E-state index is 13.1. The van der Waals surface area contributed by atoms with E-state index in [1.165, 1.54) is 0 Å². The summed E-state index contributed by atoms with van der Waals surface area (Å²) in [5.74, 6) is 2.64. The van der Waals surface area contributed by atoms with Gasteiger partial charge in [-0.2, -0.15) is 0 Å². The number of rotatable bonds is 2. The maximum Gasteiger partial charge on any atom is 0.257 e. The van der Waals surface area contributed by atoms with Crippen molar-refractivity contribution in [2.45, 2.75) is 13.0 Å². The van der Waals surface area contributed by atoms with Gasteiger partial charge in [0.1, 0.15) is 16.7 Å². The Labute approximate surface area is 197 Å². The zero-order valence-electron chi connectivity index (χ0n) is 18.4. The van der Waals surface area contributed by atoms with Gasteiger partial charge in [0.2, 0.25) is 0 Å². The molecule has 33 heavy (non-hydrogen) atoms.